The average molecular weight is 515 g/mol. The van der Waals surface area contributed by atoms with Crippen LogP contribution in [0.1, 0.15) is 23.2 Å². The lowest BCUT2D eigenvalue weighted by Crippen LogP contribution is -2.26. The number of aryl methyl sites for hydroxylation is 1. The van der Waals surface area contributed by atoms with Crippen LogP contribution in [0.15, 0.2) is 35.1 Å². The Bertz CT molecular complexity index is 1140. The maximum absolute atomic E-state index is 15.3. The second-order valence-corrected chi connectivity index (χ2v) is 7.83. The third-order valence-electron chi connectivity index (χ3n) is 4.34. The van der Waals surface area contributed by atoms with Gasteiger partial charge in [-0.25, -0.2) is 20.3 Å². The number of fused-ring (bicyclic) bond motifs is 1. The molecule has 0 aliphatic carbocycles. The molecular formula is C19H18BrClFN5O4. The van der Waals surface area contributed by atoms with Crippen molar-refractivity contribution in [2.75, 3.05) is 11.9 Å². The number of aromatic nitrogens is 2. The van der Waals surface area contributed by atoms with Crippen molar-refractivity contribution in [2.24, 2.45) is 7.05 Å². The van der Waals surface area contributed by atoms with Gasteiger partial charge >= 0.3 is 0 Å². The molecule has 3 aromatic rings. The zero-order chi connectivity index (χ0) is 22.5. The molecule has 0 unspecified atom stereocenters. The largest absolute Gasteiger partial charge is 0.351 e. The number of benzene rings is 2. The van der Waals surface area contributed by atoms with Crippen LogP contribution in [-0.4, -0.2) is 33.2 Å². The first kappa shape index (κ1) is 22.9. The van der Waals surface area contributed by atoms with Crippen LogP contribution in [0.5, 0.6) is 0 Å². The number of anilines is 2. The molecule has 0 aliphatic rings. The molecule has 9 nitrogen and oxygen atoms in total. The highest BCUT2D eigenvalue weighted by Gasteiger charge is 2.22. The minimum Gasteiger partial charge on any atom is -0.351 e. The molecule has 0 bridgehead atoms. The molecule has 0 atom stereocenters. The van der Waals surface area contributed by atoms with Crippen molar-refractivity contribution in [3.8, 4) is 0 Å². The Morgan fingerprint density at radius 1 is 1.35 bits per heavy atom. The van der Waals surface area contributed by atoms with E-state index in [1.165, 1.54) is 17.9 Å². The van der Waals surface area contributed by atoms with Crippen LogP contribution in [0.3, 0.4) is 0 Å². The molecule has 0 radical (unpaired) electrons. The van der Waals surface area contributed by atoms with E-state index in [9.17, 15) is 9.59 Å². The van der Waals surface area contributed by atoms with Gasteiger partial charge in [-0.05, 0) is 30.7 Å². The van der Waals surface area contributed by atoms with Crippen LogP contribution in [0.25, 0.3) is 11.0 Å². The van der Waals surface area contributed by atoms with Crippen molar-refractivity contribution in [1.29, 1.82) is 0 Å². The van der Waals surface area contributed by atoms with Gasteiger partial charge in [0, 0.05) is 17.9 Å². The van der Waals surface area contributed by atoms with Crippen LogP contribution in [-0.2, 0) is 16.7 Å². The summed E-state index contributed by atoms with van der Waals surface area (Å²) in [5, 5.41) is 11.6. The molecule has 1 aromatic heterocycles. The first-order valence-corrected chi connectivity index (χ1v) is 10.2. The molecule has 1 heterocycles. The molecule has 0 aliphatic heterocycles. The molecule has 164 valence electrons. The Balaban J connectivity index is 1.87. The Labute approximate surface area is 189 Å². The molecule has 0 spiro atoms. The van der Waals surface area contributed by atoms with Gasteiger partial charge in [0.05, 0.1) is 40.4 Å². The molecule has 3 rings (SSSR count). The highest BCUT2D eigenvalue weighted by molar-refractivity contribution is 9.10. The lowest BCUT2D eigenvalue weighted by atomic mass is 10.1. The predicted molar refractivity (Wildman–Crippen MR) is 116 cm³/mol. The van der Waals surface area contributed by atoms with Crippen LogP contribution in [0.2, 0.25) is 5.02 Å². The number of hydrogen-bond donors (Lipinski definition) is 4. The Hall–Kier alpha value is -2.73. The van der Waals surface area contributed by atoms with E-state index in [-0.39, 0.29) is 36.2 Å². The number of imidazole rings is 1. The third-order valence-corrected chi connectivity index (χ3v) is 5.14. The molecule has 12 heteroatoms. The van der Waals surface area contributed by atoms with Gasteiger partial charge in [0.1, 0.15) is 5.52 Å². The zero-order valence-corrected chi connectivity index (χ0v) is 18.6. The lowest BCUT2D eigenvalue weighted by Gasteiger charge is -2.15. The van der Waals surface area contributed by atoms with Crippen molar-refractivity contribution in [2.45, 2.75) is 12.8 Å². The van der Waals surface area contributed by atoms with Crippen LogP contribution in [0.4, 0.5) is 15.8 Å². The van der Waals surface area contributed by atoms with Crippen molar-refractivity contribution in [1.82, 2.24) is 20.5 Å². The van der Waals surface area contributed by atoms with Crippen molar-refractivity contribution < 1.29 is 24.0 Å². The van der Waals surface area contributed by atoms with Gasteiger partial charge in [-0.2, -0.15) is 0 Å². The number of hydroxylamine groups is 2. The number of halogens is 3. The van der Waals surface area contributed by atoms with Gasteiger partial charge in [0.2, 0.25) is 5.91 Å². The summed E-state index contributed by atoms with van der Waals surface area (Å²) in [5.74, 6) is -2.00. The number of nitrogens with one attached hydrogen (secondary N) is 3. The number of nitrogens with zero attached hydrogens (tertiary/aromatic N) is 2. The quantitative estimate of drug-likeness (QED) is 0.206. The summed E-state index contributed by atoms with van der Waals surface area (Å²) >= 11 is 9.54. The number of rotatable bonds is 8. The summed E-state index contributed by atoms with van der Waals surface area (Å²) < 4.78 is 17.6. The predicted octanol–water partition coefficient (Wildman–Crippen LogP) is 3.82. The van der Waals surface area contributed by atoms with E-state index < -0.39 is 17.6 Å². The summed E-state index contributed by atoms with van der Waals surface area (Å²) in [6, 6.07) is 6.47. The fourth-order valence-corrected chi connectivity index (χ4v) is 3.50. The molecule has 0 saturated carbocycles. The molecule has 0 fully saturated rings. The molecule has 0 saturated heterocycles. The highest BCUT2D eigenvalue weighted by atomic mass is 79.9. The number of carbonyl (C=O) groups is 2. The zero-order valence-electron chi connectivity index (χ0n) is 16.2. The van der Waals surface area contributed by atoms with E-state index in [0.717, 1.165) is 4.47 Å². The molecular weight excluding hydrogens is 497 g/mol. The smallest absolute Gasteiger partial charge is 0.277 e. The molecule has 31 heavy (non-hydrogen) atoms. The standard InChI is InChI=1S/C19H18BrClFN5O4/c1-27-9-23-18-14(27)8-11(19(29)26-31-6-2-3-15(28)25-30)17(16(18)22)24-13-5-4-10(20)7-12(13)21/h4-5,7-9,24,30H,2-3,6H2,1H3,(H,25,28)(H,26,29). The summed E-state index contributed by atoms with van der Waals surface area (Å²) in [7, 11) is 1.68. The molecule has 2 aromatic carbocycles. The topological polar surface area (TPSA) is 118 Å². The van der Waals surface area contributed by atoms with Gasteiger partial charge in [0.15, 0.2) is 5.82 Å². The Morgan fingerprint density at radius 2 is 2.13 bits per heavy atom. The van der Waals surface area contributed by atoms with Crippen LogP contribution in [0, 0.1) is 5.82 Å². The lowest BCUT2D eigenvalue weighted by molar-refractivity contribution is -0.129. The number of carbonyl (C=O) groups excluding carboxylic acids is 2. The highest BCUT2D eigenvalue weighted by Crippen LogP contribution is 2.34. The third kappa shape index (κ3) is 5.31. The normalized spacial score (nSPS) is 10.9. The van der Waals surface area contributed by atoms with Gasteiger partial charge in [-0.1, -0.05) is 27.5 Å². The van der Waals surface area contributed by atoms with Crippen LogP contribution >= 0.6 is 27.5 Å². The Morgan fingerprint density at radius 3 is 2.84 bits per heavy atom. The van der Waals surface area contributed by atoms with Gasteiger partial charge in [0.25, 0.3) is 5.91 Å². The van der Waals surface area contributed by atoms with E-state index in [2.05, 4.69) is 31.7 Å². The maximum atomic E-state index is 15.3. The van der Waals surface area contributed by atoms with E-state index in [4.69, 9.17) is 21.6 Å². The SMILES string of the molecule is Cn1cnc2c(F)c(Nc3ccc(Br)cc3Cl)c(C(=O)NOCCCC(=O)NO)cc21. The maximum Gasteiger partial charge on any atom is 0.277 e. The van der Waals surface area contributed by atoms with Crippen molar-refractivity contribution in [3.05, 3.63) is 51.5 Å². The molecule has 2 amide bonds. The van der Waals surface area contributed by atoms with E-state index in [1.54, 1.807) is 29.8 Å². The second kappa shape index (κ2) is 10.1. The Kier molecular flexibility index (Phi) is 7.44. The fourth-order valence-electron chi connectivity index (χ4n) is 2.78. The van der Waals surface area contributed by atoms with Gasteiger partial charge in [-0.3, -0.25) is 19.6 Å². The summed E-state index contributed by atoms with van der Waals surface area (Å²) in [6.07, 6.45) is 1.70. The first-order valence-electron chi connectivity index (χ1n) is 9.02. The summed E-state index contributed by atoms with van der Waals surface area (Å²) in [4.78, 5) is 32.9. The van der Waals surface area contributed by atoms with E-state index in [0.29, 0.717) is 16.2 Å². The minimum atomic E-state index is -0.721. The van der Waals surface area contributed by atoms with Crippen molar-refractivity contribution >= 4 is 61.8 Å². The number of amides is 2. The van der Waals surface area contributed by atoms with E-state index in [1.807, 2.05) is 0 Å². The monoisotopic (exact) mass is 513 g/mol. The van der Waals surface area contributed by atoms with E-state index >= 15 is 4.39 Å². The average Bonchev–Trinajstić information content (AvgIpc) is 3.11. The first-order chi connectivity index (χ1) is 14.8. The van der Waals surface area contributed by atoms with Gasteiger partial charge < -0.3 is 9.88 Å². The summed E-state index contributed by atoms with van der Waals surface area (Å²) in [5.41, 5.74) is 4.49. The minimum absolute atomic E-state index is 0.0108. The fraction of sp³-hybridized carbons (Fsp3) is 0.211. The summed E-state index contributed by atoms with van der Waals surface area (Å²) in [6.45, 7) is 0.0108. The van der Waals surface area contributed by atoms with Gasteiger partial charge in [-0.15, -0.1) is 0 Å². The van der Waals surface area contributed by atoms with Crippen LogP contribution < -0.4 is 16.3 Å². The molecule has 4 N–H and O–H groups in total. The van der Waals surface area contributed by atoms with Crippen molar-refractivity contribution in [3.63, 3.8) is 0 Å². The second-order valence-electron chi connectivity index (χ2n) is 6.50. The number of hydrogen-bond acceptors (Lipinski definition) is 6.